The van der Waals surface area contributed by atoms with Crippen molar-refractivity contribution in [1.82, 2.24) is 9.55 Å². The van der Waals surface area contributed by atoms with Crippen LogP contribution in [0.2, 0.25) is 0 Å². The maximum Gasteiger partial charge on any atom is 0.154 e. The molecule has 2 rings (SSSR count). The third-order valence-corrected chi connectivity index (χ3v) is 2.01. The number of nitrogens with two attached hydrogens (primary N) is 1. The zero-order valence-electron chi connectivity index (χ0n) is 7.40. The second-order valence-corrected chi connectivity index (χ2v) is 2.83. The summed E-state index contributed by atoms with van der Waals surface area (Å²) in [5.41, 5.74) is 7.41. The van der Waals surface area contributed by atoms with Crippen molar-refractivity contribution in [1.29, 1.82) is 0 Å². The first kappa shape index (κ1) is 8.07. The maximum atomic E-state index is 5.60. The molecule has 0 saturated carbocycles. The molecule has 4 heteroatoms. The fraction of sp³-hybridized carbons (Fsp3) is 0.222. The summed E-state index contributed by atoms with van der Waals surface area (Å²) < 4.78 is 7.14. The van der Waals surface area contributed by atoms with Crippen LogP contribution in [0, 0.1) is 0 Å². The number of rotatable bonds is 2. The second kappa shape index (κ2) is 3.06. The lowest BCUT2D eigenvalue weighted by atomic mass is 10.2. The molecule has 0 saturated heterocycles. The van der Waals surface area contributed by atoms with Crippen LogP contribution in [-0.2, 0) is 13.6 Å². The van der Waals surface area contributed by atoms with Crippen molar-refractivity contribution in [3.63, 3.8) is 0 Å². The van der Waals surface area contributed by atoms with Gasteiger partial charge in [0.1, 0.15) is 5.69 Å². The Morgan fingerprint density at radius 2 is 2.46 bits per heavy atom. The van der Waals surface area contributed by atoms with Crippen LogP contribution in [0.5, 0.6) is 0 Å². The highest BCUT2D eigenvalue weighted by Gasteiger charge is 2.10. The van der Waals surface area contributed by atoms with Crippen LogP contribution in [0.15, 0.2) is 29.1 Å². The normalized spacial score (nSPS) is 10.6. The van der Waals surface area contributed by atoms with E-state index in [0.717, 1.165) is 17.1 Å². The molecule has 2 aromatic rings. The smallest absolute Gasteiger partial charge is 0.154 e. The van der Waals surface area contributed by atoms with Gasteiger partial charge < -0.3 is 14.7 Å². The Balaban J connectivity index is 2.52. The highest BCUT2D eigenvalue weighted by Crippen LogP contribution is 2.21. The van der Waals surface area contributed by atoms with E-state index in [9.17, 15) is 0 Å². The Hall–Kier alpha value is -1.55. The molecule has 13 heavy (non-hydrogen) atoms. The molecule has 68 valence electrons. The minimum atomic E-state index is 0.465. The van der Waals surface area contributed by atoms with E-state index < -0.39 is 0 Å². The Labute approximate surface area is 76.0 Å². The standard InChI is InChI=1S/C9H11N3O/c1-12-6-11-9(7(12)5-10)8-3-2-4-13-8/h2-4,6H,5,10H2,1H3. The van der Waals surface area contributed by atoms with Crippen molar-refractivity contribution in [2.75, 3.05) is 0 Å². The first-order valence-corrected chi connectivity index (χ1v) is 4.07. The molecular weight excluding hydrogens is 166 g/mol. The van der Waals surface area contributed by atoms with Crippen LogP contribution in [0.3, 0.4) is 0 Å². The third-order valence-electron chi connectivity index (χ3n) is 2.01. The van der Waals surface area contributed by atoms with Crippen molar-refractivity contribution in [3.05, 3.63) is 30.4 Å². The van der Waals surface area contributed by atoms with Crippen molar-refractivity contribution in [3.8, 4) is 11.5 Å². The molecule has 0 amide bonds. The molecule has 0 bridgehead atoms. The van der Waals surface area contributed by atoms with Gasteiger partial charge in [0.15, 0.2) is 5.76 Å². The van der Waals surface area contributed by atoms with Gasteiger partial charge in [0.05, 0.1) is 18.3 Å². The predicted octanol–water partition coefficient (Wildman–Crippen LogP) is 1.14. The van der Waals surface area contributed by atoms with Gasteiger partial charge in [0.25, 0.3) is 0 Å². The minimum absolute atomic E-state index is 0.465. The highest BCUT2D eigenvalue weighted by molar-refractivity contribution is 5.55. The summed E-state index contributed by atoms with van der Waals surface area (Å²) in [5, 5.41) is 0. The largest absolute Gasteiger partial charge is 0.463 e. The number of aromatic nitrogens is 2. The Morgan fingerprint density at radius 1 is 1.62 bits per heavy atom. The lowest BCUT2D eigenvalue weighted by Gasteiger charge is -1.99. The number of hydrogen-bond donors (Lipinski definition) is 1. The Kier molecular flexibility index (Phi) is 1.90. The number of hydrogen-bond acceptors (Lipinski definition) is 3. The van der Waals surface area contributed by atoms with Crippen LogP contribution < -0.4 is 5.73 Å². The van der Waals surface area contributed by atoms with E-state index in [0.29, 0.717) is 6.54 Å². The van der Waals surface area contributed by atoms with Crippen LogP contribution in [0.4, 0.5) is 0 Å². The molecule has 0 atom stereocenters. The van der Waals surface area contributed by atoms with Gasteiger partial charge in [-0.2, -0.15) is 0 Å². The summed E-state index contributed by atoms with van der Waals surface area (Å²) in [6.45, 7) is 0.465. The number of furan rings is 1. The molecule has 0 fully saturated rings. The fourth-order valence-electron chi connectivity index (χ4n) is 1.32. The number of imidazole rings is 1. The van der Waals surface area contributed by atoms with Crippen molar-refractivity contribution in [2.45, 2.75) is 6.54 Å². The predicted molar refractivity (Wildman–Crippen MR) is 48.8 cm³/mol. The molecule has 2 heterocycles. The molecular formula is C9H11N3O. The van der Waals surface area contributed by atoms with Crippen molar-refractivity contribution in [2.24, 2.45) is 12.8 Å². The van der Waals surface area contributed by atoms with Gasteiger partial charge in [0, 0.05) is 13.6 Å². The van der Waals surface area contributed by atoms with Gasteiger partial charge >= 0.3 is 0 Å². The van der Waals surface area contributed by atoms with E-state index >= 15 is 0 Å². The number of aryl methyl sites for hydroxylation is 1. The van der Waals surface area contributed by atoms with Crippen molar-refractivity contribution < 1.29 is 4.42 Å². The van der Waals surface area contributed by atoms with E-state index in [-0.39, 0.29) is 0 Å². The van der Waals surface area contributed by atoms with Gasteiger partial charge in [0.2, 0.25) is 0 Å². The summed E-state index contributed by atoms with van der Waals surface area (Å²) in [5.74, 6) is 0.765. The van der Waals surface area contributed by atoms with E-state index in [1.165, 1.54) is 0 Å². The monoisotopic (exact) mass is 177 g/mol. The molecule has 0 spiro atoms. The lowest BCUT2D eigenvalue weighted by Crippen LogP contribution is -2.03. The van der Waals surface area contributed by atoms with Gasteiger partial charge in [-0.25, -0.2) is 4.98 Å². The average Bonchev–Trinajstić information content (AvgIpc) is 2.71. The molecule has 0 unspecified atom stereocenters. The van der Waals surface area contributed by atoms with Gasteiger partial charge in [-0.3, -0.25) is 0 Å². The van der Waals surface area contributed by atoms with E-state index in [4.69, 9.17) is 10.2 Å². The van der Waals surface area contributed by atoms with E-state index in [1.54, 1.807) is 12.6 Å². The molecule has 0 aliphatic heterocycles. The van der Waals surface area contributed by atoms with E-state index in [2.05, 4.69) is 4.98 Å². The summed E-state index contributed by atoms with van der Waals surface area (Å²) in [6.07, 6.45) is 3.37. The van der Waals surface area contributed by atoms with Gasteiger partial charge in [-0.15, -0.1) is 0 Å². The Bertz CT molecular complexity index is 389. The zero-order chi connectivity index (χ0) is 9.26. The summed E-state index contributed by atoms with van der Waals surface area (Å²) in [6, 6.07) is 3.71. The van der Waals surface area contributed by atoms with Crippen LogP contribution in [0.25, 0.3) is 11.5 Å². The average molecular weight is 177 g/mol. The van der Waals surface area contributed by atoms with Gasteiger partial charge in [-0.1, -0.05) is 0 Å². The quantitative estimate of drug-likeness (QED) is 0.748. The third kappa shape index (κ3) is 1.25. The molecule has 0 aliphatic rings. The molecule has 0 aromatic carbocycles. The van der Waals surface area contributed by atoms with Crippen LogP contribution in [0.1, 0.15) is 5.69 Å². The van der Waals surface area contributed by atoms with Crippen LogP contribution in [-0.4, -0.2) is 9.55 Å². The summed E-state index contributed by atoms with van der Waals surface area (Å²) >= 11 is 0. The van der Waals surface area contributed by atoms with E-state index in [1.807, 2.05) is 23.7 Å². The molecule has 4 nitrogen and oxygen atoms in total. The molecule has 2 N–H and O–H groups in total. The van der Waals surface area contributed by atoms with Gasteiger partial charge in [-0.05, 0) is 12.1 Å². The maximum absolute atomic E-state index is 5.60. The molecule has 0 radical (unpaired) electrons. The lowest BCUT2D eigenvalue weighted by molar-refractivity contribution is 0.579. The first-order valence-electron chi connectivity index (χ1n) is 4.07. The number of nitrogens with zero attached hydrogens (tertiary/aromatic N) is 2. The second-order valence-electron chi connectivity index (χ2n) is 2.83. The SMILES string of the molecule is Cn1cnc(-c2ccco2)c1CN. The highest BCUT2D eigenvalue weighted by atomic mass is 16.3. The van der Waals surface area contributed by atoms with Crippen LogP contribution >= 0.6 is 0 Å². The molecule has 2 aromatic heterocycles. The van der Waals surface area contributed by atoms with Crippen molar-refractivity contribution >= 4 is 0 Å². The molecule has 0 aliphatic carbocycles. The Morgan fingerprint density at radius 3 is 3.08 bits per heavy atom. The minimum Gasteiger partial charge on any atom is -0.463 e. The summed E-state index contributed by atoms with van der Waals surface area (Å²) in [4.78, 5) is 4.22. The topological polar surface area (TPSA) is 57.0 Å². The summed E-state index contributed by atoms with van der Waals surface area (Å²) in [7, 11) is 1.92. The zero-order valence-corrected chi connectivity index (χ0v) is 7.40. The fourth-order valence-corrected chi connectivity index (χ4v) is 1.32. The first-order chi connectivity index (χ1) is 6.33.